The Morgan fingerprint density at radius 2 is 1.56 bits per heavy atom. The summed E-state index contributed by atoms with van der Waals surface area (Å²) in [5.41, 5.74) is 2.04. The van der Waals surface area contributed by atoms with Gasteiger partial charge in [0.25, 0.3) is 0 Å². The molecular weight excluding hydrogens is 518 g/mol. The lowest BCUT2D eigenvalue weighted by molar-refractivity contribution is -0.0737. The lowest BCUT2D eigenvalue weighted by Gasteiger charge is -2.37. The molecule has 0 bridgehead atoms. The van der Waals surface area contributed by atoms with Crippen molar-refractivity contribution in [1.29, 1.82) is 0 Å². The van der Waals surface area contributed by atoms with Crippen molar-refractivity contribution in [3.8, 4) is 5.75 Å². The van der Waals surface area contributed by atoms with Gasteiger partial charge < -0.3 is 19.1 Å². The molecule has 4 aromatic rings. The van der Waals surface area contributed by atoms with Gasteiger partial charge in [0.05, 0.1) is 13.2 Å². The monoisotopic (exact) mass is 545 g/mol. The Bertz CT molecular complexity index is 1300. The molecule has 1 aliphatic rings. The summed E-state index contributed by atoms with van der Waals surface area (Å²) in [5, 5.41) is 2.37. The predicted octanol–water partition coefficient (Wildman–Crippen LogP) is 6.98. The van der Waals surface area contributed by atoms with E-state index in [2.05, 4.69) is 46.3 Å². The third kappa shape index (κ3) is 6.25. The lowest BCUT2D eigenvalue weighted by atomic mass is 10.0. The van der Waals surface area contributed by atoms with Crippen molar-refractivity contribution in [3.63, 3.8) is 0 Å². The number of amides is 1. The molecule has 0 radical (unpaired) electrons. The van der Waals surface area contributed by atoms with Crippen LogP contribution in [0, 0.1) is 0 Å². The lowest BCUT2D eigenvalue weighted by Crippen LogP contribution is -2.52. The largest absolute Gasteiger partial charge is 0.488 e. The third-order valence-corrected chi connectivity index (χ3v) is 6.87. The van der Waals surface area contributed by atoms with E-state index in [9.17, 15) is 4.79 Å². The highest BCUT2D eigenvalue weighted by Crippen LogP contribution is 2.25. The fourth-order valence-electron chi connectivity index (χ4n) is 4.39. The van der Waals surface area contributed by atoms with E-state index in [1.165, 1.54) is 10.8 Å². The van der Waals surface area contributed by atoms with Gasteiger partial charge in [0.1, 0.15) is 24.6 Å². The van der Waals surface area contributed by atoms with Crippen LogP contribution >= 0.6 is 15.9 Å². The number of benzene rings is 4. The van der Waals surface area contributed by atoms with Gasteiger partial charge in [-0.15, -0.1) is 0 Å². The van der Waals surface area contributed by atoms with Gasteiger partial charge in [0, 0.05) is 17.4 Å². The summed E-state index contributed by atoms with van der Waals surface area (Å²) in [7, 11) is 0. The molecule has 1 fully saturated rings. The number of hydrogen-bond acceptors (Lipinski definition) is 4. The zero-order valence-corrected chi connectivity index (χ0v) is 21.5. The Hall–Kier alpha value is -3.35. The van der Waals surface area contributed by atoms with Crippen LogP contribution in [0.5, 0.6) is 5.75 Å². The second-order valence-corrected chi connectivity index (χ2v) is 9.83. The van der Waals surface area contributed by atoms with Crippen molar-refractivity contribution < 1.29 is 19.0 Å². The zero-order chi connectivity index (χ0) is 24.7. The molecule has 184 valence electrons. The smallest absolute Gasteiger partial charge is 0.410 e. The van der Waals surface area contributed by atoms with Gasteiger partial charge in [-0.3, -0.25) is 0 Å². The molecule has 1 aliphatic heterocycles. The van der Waals surface area contributed by atoms with E-state index in [1.54, 1.807) is 4.90 Å². The number of hydrogen-bond donors (Lipinski definition) is 0. The van der Waals surface area contributed by atoms with Crippen molar-refractivity contribution in [3.05, 3.63) is 113 Å². The molecule has 5 nitrogen and oxygen atoms in total. The average Bonchev–Trinajstić information content (AvgIpc) is 2.93. The quantitative estimate of drug-likeness (QED) is 0.251. The third-order valence-electron chi connectivity index (χ3n) is 6.34. The van der Waals surface area contributed by atoms with E-state index in [0.29, 0.717) is 26.1 Å². The van der Waals surface area contributed by atoms with Crippen LogP contribution in [0.3, 0.4) is 0 Å². The second kappa shape index (κ2) is 11.6. The highest BCUT2D eigenvalue weighted by Gasteiger charge is 2.34. The summed E-state index contributed by atoms with van der Waals surface area (Å²) in [6.45, 7) is 1.63. The second-order valence-electron chi connectivity index (χ2n) is 8.92. The Balaban J connectivity index is 1.26. The number of likely N-dealkylation sites (tertiary alicyclic amines) is 1. The maximum Gasteiger partial charge on any atom is 0.410 e. The first-order chi connectivity index (χ1) is 17.6. The normalized spacial score (nSPS) is 17.6. The van der Waals surface area contributed by atoms with Crippen LogP contribution in [0.25, 0.3) is 10.8 Å². The minimum Gasteiger partial charge on any atom is -0.488 e. The zero-order valence-electron chi connectivity index (χ0n) is 19.9. The van der Waals surface area contributed by atoms with Crippen LogP contribution in [0.2, 0.25) is 0 Å². The molecule has 36 heavy (non-hydrogen) atoms. The maximum atomic E-state index is 12.8. The Kier molecular flexibility index (Phi) is 7.84. The number of rotatable bonds is 7. The summed E-state index contributed by atoms with van der Waals surface area (Å²) in [6, 6.07) is 32.1. The van der Waals surface area contributed by atoms with Gasteiger partial charge in [0.2, 0.25) is 0 Å². The van der Waals surface area contributed by atoms with E-state index in [4.69, 9.17) is 14.2 Å². The first-order valence-corrected chi connectivity index (χ1v) is 12.9. The molecule has 0 spiro atoms. The van der Waals surface area contributed by atoms with Crippen molar-refractivity contribution in [2.45, 2.75) is 31.8 Å². The fraction of sp³-hybridized carbons (Fsp3) is 0.233. The maximum absolute atomic E-state index is 12.8. The number of piperidine rings is 1. The van der Waals surface area contributed by atoms with Crippen LogP contribution in [0.4, 0.5) is 4.79 Å². The van der Waals surface area contributed by atoms with Crippen molar-refractivity contribution >= 4 is 32.8 Å². The molecule has 1 saturated heterocycles. The van der Waals surface area contributed by atoms with E-state index in [1.807, 2.05) is 66.7 Å². The van der Waals surface area contributed by atoms with E-state index < -0.39 is 0 Å². The van der Waals surface area contributed by atoms with Gasteiger partial charge >= 0.3 is 6.09 Å². The Morgan fingerprint density at radius 1 is 0.806 bits per heavy atom. The minimum absolute atomic E-state index is 0.176. The summed E-state index contributed by atoms with van der Waals surface area (Å²) in [6.07, 6.45) is -0.151. The number of fused-ring (bicyclic) bond motifs is 1. The molecule has 1 amide bonds. The molecule has 2 atom stereocenters. The number of halogens is 1. The van der Waals surface area contributed by atoms with E-state index in [-0.39, 0.29) is 24.9 Å². The highest BCUT2D eigenvalue weighted by molar-refractivity contribution is 9.10. The Labute approximate surface area is 219 Å². The fourth-order valence-corrected chi connectivity index (χ4v) is 4.65. The van der Waals surface area contributed by atoms with Crippen molar-refractivity contribution in [1.82, 2.24) is 4.90 Å². The van der Waals surface area contributed by atoms with Crippen LogP contribution in [0.15, 0.2) is 102 Å². The molecule has 0 aromatic heterocycles. The van der Waals surface area contributed by atoms with E-state index >= 15 is 0 Å². The van der Waals surface area contributed by atoms with Crippen LogP contribution < -0.4 is 4.74 Å². The predicted molar refractivity (Wildman–Crippen MR) is 144 cm³/mol. The molecule has 6 heteroatoms. The first-order valence-electron chi connectivity index (χ1n) is 12.1. The average molecular weight is 546 g/mol. The Morgan fingerprint density at radius 3 is 2.36 bits per heavy atom. The van der Waals surface area contributed by atoms with Gasteiger partial charge in [-0.25, -0.2) is 4.79 Å². The highest BCUT2D eigenvalue weighted by atomic mass is 79.9. The summed E-state index contributed by atoms with van der Waals surface area (Å²) in [5.74, 6) is 0.780. The molecular formula is C30H28BrNO4. The molecule has 1 heterocycles. The van der Waals surface area contributed by atoms with Crippen LogP contribution in [0.1, 0.15) is 17.5 Å². The molecule has 0 aliphatic carbocycles. The number of carbonyl (C=O) groups is 1. The van der Waals surface area contributed by atoms with Gasteiger partial charge in [0.15, 0.2) is 0 Å². The molecule has 4 aromatic carbocycles. The SMILES string of the molecule is O=C(OCc1ccccc1)N1CCC(Oc2ccc(Br)cc2)C(OCc2ccc3ccccc3c2)C1. The van der Waals surface area contributed by atoms with Gasteiger partial charge in [-0.05, 0) is 52.2 Å². The molecule has 0 saturated carbocycles. The van der Waals surface area contributed by atoms with Crippen LogP contribution in [-0.4, -0.2) is 36.3 Å². The molecule has 5 rings (SSSR count). The van der Waals surface area contributed by atoms with Gasteiger partial charge in [-0.2, -0.15) is 0 Å². The standard InChI is InChI=1S/C30H28BrNO4/c31-26-12-14-27(15-13-26)36-28-16-17-32(30(33)35-20-22-6-2-1-3-7-22)19-29(28)34-21-23-10-11-24-8-4-5-9-25(24)18-23/h1-15,18,28-29H,16-17,19-21H2. The van der Waals surface area contributed by atoms with Crippen LogP contribution in [-0.2, 0) is 22.7 Å². The first kappa shape index (κ1) is 24.3. The summed E-state index contributed by atoms with van der Waals surface area (Å²) < 4.78 is 19.3. The molecule has 0 N–H and O–H groups in total. The molecule has 2 unspecified atom stereocenters. The number of nitrogens with zero attached hydrogens (tertiary/aromatic N) is 1. The summed E-state index contributed by atoms with van der Waals surface area (Å²) in [4.78, 5) is 14.6. The number of carbonyl (C=O) groups excluding carboxylic acids is 1. The number of ether oxygens (including phenoxy) is 3. The van der Waals surface area contributed by atoms with Gasteiger partial charge in [-0.1, -0.05) is 82.7 Å². The minimum atomic E-state index is -0.333. The van der Waals surface area contributed by atoms with Crippen molar-refractivity contribution in [2.75, 3.05) is 13.1 Å². The van der Waals surface area contributed by atoms with Crippen molar-refractivity contribution in [2.24, 2.45) is 0 Å². The van der Waals surface area contributed by atoms with E-state index in [0.717, 1.165) is 21.3 Å². The topological polar surface area (TPSA) is 48.0 Å². The summed E-state index contributed by atoms with van der Waals surface area (Å²) >= 11 is 3.47.